The van der Waals surface area contributed by atoms with Gasteiger partial charge >= 0.3 is 5.97 Å². The first-order chi connectivity index (χ1) is 13.0. The number of ether oxygens (including phenoxy) is 1. The Balaban J connectivity index is 1.77. The molecular formula is C20H17FN2O3S. The molecule has 1 unspecified atom stereocenters. The number of alkyl halides is 1. The summed E-state index contributed by atoms with van der Waals surface area (Å²) in [5.74, 6) is -1.37. The zero-order valence-corrected chi connectivity index (χ0v) is 15.3. The lowest BCUT2D eigenvalue weighted by Crippen LogP contribution is -2.14. The zero-order valence-electron chi connectivity index (χ0n) is 14.4. The van der Waals surface area contributed by atoms with E-state index in [2.05, 4.69) is 10.1 Å². The monoisotopic (exact) mass is 384 g/mol. The molecule has 1 heterocycles. The smallest absolute Gasteiger partial charge is 0.345 e. The van der Waals surface area contributed by atoms with Gasteiger partial charge in [0.25, 0.3) is 5.91 Å². The van der Waals surface area contributed by atoms with Crippen LogP contribution in [0.25, 0.3) is 10.4 Å². The number of nitrogens with two attached hydrogens (primary N) is 1. The van der Waals surface area contributed by atoms with Crippen molar-refractivity contribution in [3.8, 4) is 10.4 Å². The Morgan fingerprint density at radius 1 is 1.15 bits per heavy atom. The van der Waals surface area contributed by atoms with Crippen LogP contribution in [0.2, 0.25) is 0 Å². The second kappa shape index (κ2) is 8.01. The van der Waals surface area contributed by atoms with Crippen LogP contribution in [0.3, 0.4) is 0 Å². The lowest BCUT2D eigenvalue weighted by molar-refractivity contribution is -0.146. The fourth-order valence-electron chi connectivity index (χ4n) is 2.50. The van der Waals surface area contributed by atoms with Gasteiger partial charge in [-0.05, 0) is 46.8 Å². The highest BCUT2D eigenvalue weighted by Gasteiger charge is 2.20. The molecule has 0 radical (unpaired) electrons. The van der Waals surface area contributed by atoms with Crippen LogP contribution in [0.5, 0.6) is 0 Å². The fourth-order valence-corrected chi connectivity index (χ4v) is 3.22. The molecule has 0 aliphatic heterocycles. The lowest BCUT2D eigenvalue weighted by atomic mass is 10.1. The summed E-state index contributed by atoms with van der Waals surface area (Å²) in [5.41, 5.74) is 8.29. The van der Waals surface area contributed by atoms with E-state index in [1.54, 1.807) is 17.4 Å². The van der Waals surface area contributed by atoms with Crippen molar-refractivity contribution in [2.75, 3.05) is 18.2 Å². The number of anilines is 2. The summed E-state index contributed by atoms with van der Waals surface area (Å²) in [7, 11) is 1.12. The molecule has 3 rings (SSSR count). The molecule has 1 atom stereocenters. The van der Waals surface area contributed by atoms with Gasteiger partial charge in [0.1, 0.15) is 0 Å². The molecule has 0 aliphatic carbocycles. The van der Waals surface area contributed by atoms with Gasteiger partial charge in [-0.2, -0.15) is 0 Å². The molecule has 0 fully saturated rings. The molecule has 0 saturated carbocycles. The molecular weight excluding hydrogens is 367 g/mol. The number of esters is 1. The van der Waals surface area contributed by atoms with Gasteiger partial charge in [-0.25, -0.2) is 9.18 Å². The van der Waals surface area contributed by atoms with E-state index in [1.165, 1.54) is 24.3 Å². The number of benzene rings is 2. The van der Waals surface area contributed by atoms with Gasteiger partial charge in [-0.3, -0.25) is 4.79 Å². The van der Waals surface area contributed by atoms with Gasteiger partial charge in [-0.15, -0.1) is 11.3 Å². The molecule has 2 aromatic carbocycles. The van der Waals surface area contributed by atoms with Crippen molar-refractivity contribution in [2.24, 2.45) is 0 Å². The first-order valence-corrected chi connectivity index (χ1v) is 8.94. The van der Waals surface area contributed by atoms with Gasteiger partial charge in [0.05, 0.1) is 18.5 Å². The van der Waals surface area contributed by atoms with Crippen LogP contribution in [0.15, 0.2) is 60.0 Å². The van der Waals surface area contributed by atoms with Crippen molar-refractivity contribution in [3.05, 3.63) is 71.1 Å². The lowest BCUT2D eigenvalue weighted by Gasteiger charge is -2.11. The van der Waals surface area contributed by atoms with Crippen molar-refractivity contribution in [1.82, 2.24) is 0 Å². The maximum atomic E-state index is 13.8. The summed E-state index contributed by atoms with van der Waals surface area (Å²) in [4.78, 5) is 24.8. The highest BCUT2D eigenvalue weighted by Crippen LogP contribution is 2.30. The number of hydrogen-bond acceptors (Lipinski definition) is 5. The van der Waals surface area contributed by atoms with Crippen LogP contribution in [0.4, 0.5) is 15.8 Å². The van der Waals surface area contributed by atoms with Crippen molar-refractivity contribution < 1.29 is 18.7 Å². The summed E-state index contributed by atoms with van der Waals surface area (Å²) in [6.45, 7) is 0. The average Bonchev–Trinajstić information content (AvgIpc) is 3.23. The second-order valence-electron chi connectivity index (χ2n) is 5.74. The third kappa shape index (κ3) is 4.15. The quantitative estimate of drug-likeness (QED) is 0.504. The zero-order chi connectivity index (χ0) is 19.4. The summed E-state index contributed by atoms with van der Waals surface area (Å²) in [5, 5.41) is 4.74. The number of hydrogen-bond donors (Lipinski definition) is 2. The predicted molar refractivity (Wildman–Crippen MR) is 104 cm³/mol. The third-order valence-electron chi connectivity index (χ3n) is 3.98. The standard InChI is InChI=1S/C20H17FN2O3S/c1-26-20(25)18(21)12-4-6-13(7-5-12)19(24)23-16-11-14(8-9-15(16)22)17-3-2-10-27-17/h2-11,18H,22H2,1H3,(H,23,24). The Kier molecular flexibility index (Phi) is 5.52. The first kappa shape index (κ1) is 18.6. The highest BCUT2D eigenvalue weighted by molar-refractivity contribution is 7.13. The number of halogens is 1. The maximum Gasteiger partial charge on any atom is 0.345 e. The molecule has 3 N–H and O–H groups in total. The number of nitrogens with one attached hydrogen (secondary N) is 1. The van der Waals surface area contributed by atoms with Crippen LogP contribution >= 0.6 is 11.3 Å². The van der Waals surface area contributed by atoms with Crippen LogP contribution in [-0.2, 0) is 9.53 Å². The van der Waals surface area contributed by atoms with E-state index < -0.39 is 12.1 Å². The van der Waals surface area contributed by atoms with Gasteiger partial charge in [0.15, 0.2) is 0 Å². The van der Waals surface area contributed by atoms with E-state index in [4.69, 9.17) is 5.73 Å². The number of methoxy groups -OCH3 is 1. The van der Waals surface area contributed by atoms with Crippen LogP contribution in [0.1, 0.15) is 22.1 Å². The molecule has 0 saturated heterocycles. The number of carbonyl (C=O) groups excluding carboxylic acids is 2. The van der Waals surface area contributed by atoms with E-state index in [9.17, 15) is 14.0 Å². The van der Waals surface area contributed by atoms with Crippen LogP contribution < -0.4 is 11.1 Å². The minimum absolute atomic E-state index is 0.123. The molecule has 1 amide bonds. The summed E-state index contributed by atoms with van der Waals surface area (Å²) in [6.07, 6.45) is -1.88. The van der Waals surface area contributed by atoms with Crippen LogP contribution in [-0.4, -0.2) is 19.0 Å². The summed E-state index contributed by atoms with van der Waals surface area (Å²) in [6, 6.07) is 15.0. The summed E-state index contributed by atoms with van der Waals surface area (Å²) < 4.78 is 18.2. The second-order valence-corrected chi connectivity index (χ2v) is 6.69. The minimum Gasteiger partial charge on any atom is -0.467 e. The van der Waals surface area contributed by atoms with Crippen molar-refractivity contribution in [3.63, 3.8) is 0 Å². The Labute approximate surface area is 159 Å². The topological polar surface area (TPSA) is 81.4 Å². The Morgan fingerprint density at radius 3 is 2.52 bits per heavy atom. The molecule has 3 aromatic rings. The van der Waals surface area contributed by atoms with E-state index in [-0.39, 0.29) is 11.5 Å². The average molecular weight is 384 g/mol. The molecule has 1 aromatic heterocycles. The van der Waals surface area contributed by atoms with Crippen LogP contribution in [0, 0.1) is 0 Å². The number of rotatable bonds is 5. The van der Waals surface area contributed by atoms with Gasteiger partial charge in [0, 0.05) is 10.4 Å². The van der Waals surface area contributed by atoms with E-state index in [1.807, 2.05) is 29.6 Å². The van der Waals surface area contributed by atoms with Gasteiger partial charge < -0.3 is 15.8 Å². The minimum atomic E-state index is -1.88. The van der Waals surface area contributed by atoms with Gasteiger partial charge in [0.2, 0.25) is 6.17 Å². The molecule has 7 heteroatoms. The van der Waals surface area contributed by atoms with Gasteiger partial charge in [-0.1, -0.05) is 24.3 Å². The molecule has 27 heavy (non-hydrogen) atoms. The molecule has 0 aliphatic rings. The van der Waals surface area contributed by atoms with Crippen molar-refractivity contribution in [2.45, 2.75) is 6.17 Å². The molecule has 0 spiro atoms. The molecule has 5 nitrogen and oxygen atoms in total. The maximum absolute atomic E-state index is 13.8. The number of thiophene rings is 1. The number of carbonyl (C=O) groups is 2. The predicted octanol–water partition coefficient (Wildman–Crippen LogP) is 4.43. The largest absolute Gasteiger partial charge is 0.467 e. The number of amides is 1. The van der Waals surface area contributed by atoms with E-state index in [0.29, 0.717) is 16.9 Å². The highest BCUT2D eigenvalue weighted by atomic mass is 32.1. The first-order valence-electron chi connectivity index (χ1n) is 8.06. The molecule has 138 valence electrons. The Bertz CT molecular complexity index is 956. The van der Waals surface area contributed by atoms with Crippen molar-refractivity contribution in [1.29, 1.82) is 0 Å². The Morgan fingerprint density at radius 2 is 1.89 bits per heavy atom. The van der Waals surface area contributed by atoms with Crippen molar-refractivity contribution >= 4 is 34.6 Å². The van der Waals surface area contributed by atoms with E-state index in [0.717, 1.165) is 17.6 Å². The SMILES string of the molecule is COC(=O)C(F)c1ccc(C(=O)Nc2cc(-c3cccs3)ccc2N)cc1. The van der Waals surface area contributed by atoms with E-state index >= 15 is 0 Å². The normalized spacial score (nSPS) is 11.6. The summed E-state index contributed by atoms with van der Waals surface area (Å²) >= 11 is 1.59. The fraction of sp³-hybridized carbons (Fsp3) is 0.100. The number of nitrogen functional groups attached to an aromatic ring is 1. The third-order valence-corrected chi connectivity index (χ3v) is 4.90. The molecule has 0 bridgehead atoms. The Hall–Kier alpha value is -3.19.